The summed E-state index contributed by atoms with van der Waals surface area (Å²) in [6.45, 7) is 3.06. The fourth-order valence-corrected chi connectivity index (χ4v) is 2.49. The van der Waals surface area contributed by atoms with Crippen molar-refractivity contribution >= 4 is 15.9 Å². The van der Waals surface area contributed by atoms with E-state index in [0.717, 1.165) is 23.1 Å². The molecule has 1 unspecified atom stereocenters. The third-order valence-electron chi connectivity index (χ3n) is 2.86. The van der Waals surface area contributed by atoms with Crippen molar-refractivity contribution < 1.29 is 0 Å². The molecule has 4 heteroatoms. The van der Waals surface area contributed by atoms with E-state index in [2.05, 4.69) is 57.6 Å². The van der Waals surface area contributed by atoms with E-state index in [1.807, 2.05) is 24.0 Å². The maximum atomic E-state index is 4.44. The summed E-state index contributed by atoms with van der Waals surface area (Å²) in [5.41, 5.74) is 2.40. The first-order valence-corrected chi connectivity index (χ1v) is 6.94. The van der Waals surface area contributed by atoms with Crippen LogP contribution in [0.25, 0.3) is 0 Å². The number of nitrogens with one attached hydrogen (secondary N) is 1. The highest BCUT2D eigenvalue weighted by Crippen LogP contribution is 2.19. The predicted octanol–water partition coefficient (Wildman–Crippen LogP) is 3.08. The van der Waals surface area contributed by atoms with E-state index in [1.54, 1.807) is 0 Å². The molecule has 0 saturated heterocycles. The van der Waals surface area contributed by atoms with E-state index in [0.29, 0.717) is 0 Å². The standard InChI is InChI=1S/C14H18BrN3/c1-3-16-13(14-9-18(2)10-17-14)8-11-5-4-6-12(15)7-11/h4-7,9-10,13,16H,3,8H2,1-2H3. The molecule has 2 rings (SSSR count). The summed E-state index contributed by atoms with van der Waals surface area (Å²) in [5.74, 6) is 0. The Labute approximate surface area is 116 Å². The van der Waals surface area contributed by atoms with Gasteiger partial charge in [0.1, 0.15) is 0 Å². The highest BCUT2D eigenvalue weighted by atomic mass is 79.9. The van der Waals surface area contributed by atoms with Crippen LogP contribution in [0.1, 0.15) is 24.2 Å². The average Bonchev–Trinajstić information content (AvgIpc) is 2.75. The lowest BCUT2D eigenvalue weighted by atomic mass is 10.0. The minimum absolute atomic E-state index is 0.269. The maximum Gasteiger partial charge on any atom is 0.0947 e. The van der Waals surface area contributed by atoms with E-state index in [4.69, 9.17) is 0 Å². The number of hydrogen-bond acceptors (Lipinski definition) is 2. The molecule has 1 heterocycles. The van der Waals surface area contributed by atoms with Crippen LogP contribution >= 0.6 is 15.9 Å². The summed E-state index contributed by atoms with van der Waals surface area (Å²) in [5, 5.41) is 3.49. The topological polar surface area (TPSA) is 29.9 Å². The van der Waals surface area contributed by atoms with Crippen molar-refractivity contribution in [2.75, 3.05) is 6.54 Å². The molecule has 0 spiro atoms. The molecule has 1 N–H and O–H groups in total. The van der Waals surface area contributed by atoms with Gasteiger partial charge in [-0.3, -0.25) is 0 Å². The zero-order valence-corrected chi connectivity index (χ0v) is 12.3. The summed E-state index contributed by atoms with van der Waals surface area (Å²) >= 11 is 3.51. The van der Waals surface area contributed by atoms with Gasteiger partial charge in [0.2, 0.25) is 0 Å². The largest absolute Gasteiger partial charge is 0.340 e. The van der Waals surface area contributed by atoms with Crippen molar-refractivity contribution in [3.63, 3.8) is 0 Å². The monoisotopic (exact) mass is 307 g/mol. The molecular formula is C14H18BrN3. The minimum atomic E-state index is 0.269. The van der Waals surface area contributed by atoms with Crippen LogP contribution in [-0.2, 0) is 13.5 Å². The number of imidazole rings is 1. The van der Waals surface area contributed by atoms with Crippen LogP contribution in [0.3, 0.4) is 0 Å². The first-order valence-electron chi connectivity index (χ1n) is 6.14. The Hall–Kier alpha value is -1.13. The number of rotatable bonds is 5. The first kappa shape index (κ1) is 13.3. The zero-order chi connectivity index (χ0) is 13.0. The highest BCUT2D eigenvalue weighted by molar-refractivity contribution is 9.10. The second-order valence-electron chi connectivity index (χ2n) is 4.41. The van der Waals surface area contributed by atoms with Gasteiger partial charge in [0.25, 0.3) is 0 Å². The number of aromatic nitrogens is 2. The van der Waals surface area contributed by atoms with Crippen LogP contribution in [0, 0.1) is 0 Å². The third kappa shape index (κ3) is 3.43. The Morgan fingerprint density at radius 1 is 1.44 bits per heavy atom. The molecule has 18 heavy (non-hydrogen) atoms. The van der Waals surface area contributed by atoms with Gasteiger partial charge in [0.15, 0.2) is 0 Å². The van der Waals surface area contributed by atoms with Crippen molar-refractivity contribution in [2.45, 2.75) is 19.4 Å². The molecule has 0 amide bonds. The number of likely N-dealkylation sites (N-methyl/N-ethyl adjacent to an activating group) is 1. The quantitative estimate of drug-likeness (QED) is 0.920. The van der Waals surface area contributed by atoms with Crippen LogP contribution in [0.4, 0.5) is 0 Å². The average molecular weight is 308 g/mol. The van der Waals surface area contributed by atoms with Gasteiger partial charge in [-0.1, -0.05) is 35.0 Å². The fraction of sp³-hybridized carbons (Fsp3) is 0.357. The fourth-order valence-electron chi connectivity index (χ4n) is 2.04. The van der Waals surface area contributed by atoms with E-state index in [1.165, 1.54) is 5.56 Å². The molecule has 2 aromatic rings. The molecule has 0 bridgehead atoms. The molecule has 0 aliphatic heterocycles. The highest BCUT2D eigenvalue weighted by Gasteiger charge is 2.13. The van der Waals surface area contributed by atoms with Gasteiger partial charge in [-0.05, 0) is 30.7 Å². The molecular weight excluding hydrogens is 290 g/mol. The number of hydrogen-bond donors (Lipinski definition) is 1. The maximum absolute atomic E-state index is 4.44. The molecule has 0 saturated carbocycles. The van der Waals surface area contributed by atoms with Gasteiger partial charge in [-0.25, -0.2) is 4.98 Å². The van der Waals surface area contributed by atoms with E-state index in [9.17, 15) is 0 Å². The molecule has 0 aliphatic carbocycles. The molecule has 0 aliphatic rings. The van der Waals surface area contributed by atoms with Crippen LogP contribution in [0.5, 0.6) is 0 Å². The second-order valence-corrected chi connectivity index (χ2v) is 5.32. The Morgan fingerprint density at radius 3 is 2.89 bits per heavy atom. The molecule has 1 aromatic carbocycles. The smallest absolute Gasteiger partial charge is 0.0947 e. The minimum Gasteiger partial charge on any atom is -0.340 e. The molecule has 3 nitrogen and oxygen atoms in total. The third-order valence-corrected chi connectivity index (χ3v) is 3.35. The van der Waals surface area contributed by atoms with Gasteiger partial charge in [0.05, 0.1) is 18.1 Å². The Balaban J connectivity index is 2.16. The summed E-state index contributed by atoms with van der Waals surface area (Å²) in [7, 11) is 2.00. The molecule has 0 radical (unpaired) electrons. The SMILES string of the molecule is CCNC(Cc1cccc(Br)c1)c1cn(C)cn1. The first-order chi connectivity index (χ1) is 8.69. The molecule has 1 atom stereocenters. The van der Waals surface area contributed by atoms with Gasteiger partial charge in [-0.15, -0.1) is 0 Å². The van der Waals surface area contributed by atoms with Crippen LogP contribution in [0.15, 0.2) is 41.3 Å². The number of nitrogens with zero attached hydrogens (tertiary/aromatic N) is 2. The zero-order valence-electron chi connectivity index (χ0n) is 10.7. The van der Waals surface area contributed by atoms with E-state index < -0.39 is 0 Å². The van der Waals surface area contributed by atoms with E-state index >= 15 is 0 Å². The van der Waals surface area contributed by atoms with Crippen molar-refractivity contribution in [2.24, 2.45) is 7.05 Å². The Bertz CT molecular complexity index is 507. The van der Waals surface area contributed by atoms with E-state index in [-0.39, 0.29) is 6.04 Å². The lowest BCUT2D eigenvalue weighted by molar-refractivity contribution is 0.538. The summed E-state index contributed by atoms with van der Waals surface area (Å²) < 4.78 is 3.11. The van der Waals surface area contributed by atoms with Crippen LogP contribution in [0.2, 0.25) is 0 Å². The number of aryl methyl sites for hydroxylation is 1. The Kier molecular flexibility index (Phi) is 4.55. The predicted molar refractivity (Wildman–Crippen MR) is 77.5 cm³/mol. The molecule has 0 fully saturated rings. The van der Waals surface area contributed by atoms with Crippen LogP contribution in [-0.4, -0.2) is 16.1 Å². The summed E-state index contributed by atoms with van der Waals surface area (Å²) in [6.07, 6.45) is 4.87. The van der Waals surface area contributed by atoms with Gasteiger partial charge < -0.3 is 9.88 Å². The normalized spacial score (nSPS) is 12.6. The number of halogens is 1. The van der Waals surface area contributed by atoms with Crippen molar-refractivity contribution in [3.8, 4) is 0 Å². The Morgan fingerprint density at radius 2 is 2.28 bits per heavy atom. The molecule has 1 aromatic heterocycles. The van der Waals surface area contributed by atoms with Crippen molar-refractivity contribution in [3.05, 3.63) is 52.5 Å². The second kappa shape index (κ2) is 6.16. The summed E-state index contributed by atoms with van der Waals surface area (Å²) in [6, 6.07) is 8.70. The van der Waals surface area contributed by atoms with Crippen molar-refractivity contribution in [1.29, 1.82) is 0 Å². The van der Waals surface area contributed by atoms with Crippen molar-refractivity contribution in [1.82, 2.24) is 14.9 Å². The lowest BCUT2D eigenvalue weighted by Gasteiger charge is -2.16. The van der Waals surface area contributed by atoms with Gasteiger partial charge >= 0.3 is 0 Å². The van der Waals surface area contributed by atoms with Crippen LogP contribution < -0.4 is 5.32 Å². The van der Waals surface area contributed by atoms with Gasteiger partial charge in [-0.2, -0.15) is 0 Å². The molecule has 96 valence electrons. The number of benzene rings is 1. The summed E-state index contributed by atoms with van der Waals surface area (Å²) in [4.78, 5) is 4.44. The lowest BCUT2D eigenvalue weighted by Crippen LogP contribution is -2.23. The van der Waals surface area contributed by atoms with Gasteiger partial charge in [0, 0.05) is 17.7 Å².